The van der Waals surface area contributed by atoms with Gasteiger partial charge in [-0.05, 0) is 55.3 Å². The van der Waals surface area contributed by atoms with Gasteiger partial charge in [0.2, 0.25) is 0 Å². The van der Waals surface area contributed by atoms with Crippen molar-refractivity contribution in [3.8, 4) is 5.69 Å². The Labute approximate surface area is 165 Å². The van der Waals surface area contributed by atoms with Crippen LogP contribution in [0.5, 0.6) is 0 Å². The SMILES string of the molecule is Cc1ccc2sc(=O)n(Cc3ccc(-n4c(C)nc5cnccc54)cc3)c2c1. The van der Waals surface area contributed by atoms with Gasteiger partial charge in [0.05, 0.1) is 28.5 Å². The molecule has 5 rings (SSSR count). The van der Waals surface area contributed by atoms with Crippen molar-refractivity contribution in [3.05, 3.63) is 87.5 Å². The van der Waals surface area contributed by atoms with Crippen molar-refractivity contribution >= 4 is 32.6 Å². The van der Waals surface area contributed by atoms with E-state index in [9.17, 15) is 4.79 Å². The van der Waals surface area contributed by atoms with Crippen LogP contribution in [0.2, 0.25) is 0 Å². The van der Waals surface area contributed by atoms with Crippen molar-refractivity contribution in [2.24, 2.45) is 0 Å². The van der Waals surface area contributed by atoms with E-state index in [0.717, 1.165) is 43.9 Å². The molecule has 0 atom stereocenters. The zero-order chi connectivity index (χ0) is 19.3. The third kappa shape index (κ3) is 2.73. The number of benzene rings is 2. The van der Waals surface area contributed by atoms with Crippen LogP contribution in [0.15, 0.2) is 65.7 Å². The standard InChI is InChI=1S/C22H18N4OS/c1-14-3-8-21-20(11-14)25(22(27)28-21)13-16-4-6-17(7-5-16)26-15(2)24-18-12-23-10-9-19(18)26/h3-12H,13H2,1-2H3. The Hall–Kier alpha value is -3.25. The Morgan fingerprint density at radius 2 is 1.82 bits per heavy atom. The number of thiazole rings is 1. The van der Waals surface area contributed by atoms with Crippen LogP contribution in [-0.4, -0.2) is 19.1 Å². The Balaban J connectivity index is 1.53. The van der Waals surface area contributed by atoms with Crippen LogP contribution < -0.4 is 4.87 Å². The van der Waals surface area contributed by atoms with Crippen LogP contribution in [0.1, 0.15) is 17.0 Å². The zero-order valence-electron chi connectivity index (χ0n) is 15.6. The monoisotopic (exact) mass is 386 g/mol. The van der Waals surface area contributed by atoms with Crippen LogP contribution in [0, 0.1) is 13.8 Å². The number of fused-ring (bicyclic) bond motifs is 2. The first kappa shape index (κ1) is 16.9. The van der Waals surface area contributed by atoms with Gasteiger partial charge in [0.15, 0.2) is 0 Å². The summed E-state index contributed by atoms with van der Waals surface area (Å²) < 4.78 is 5.00. The van der Waals surface area contributed by atoms with Crippen LogP contribution in [-0.2, 0) is 6.54 Å². The summed E-state index contributed by atoms with van der Waals surface area (Å²) in [6.45, 7) is 4.61. The minimum absolute atomic E-state index is 0.0774. The maximum Gasteiger partial charge on any atom is 0.308 e. The fourth-order valence-corrected chi connectivity index (χ4v) is 4.50. The fraction of sp³-hybridized carbons (Fsp3) is 0.136. The number of imidazole rings is 1. The van der Waals surface area contributed by atoms with Crippen molar-refractivity contribution in [2.75, 3.05) is 0 Å². The van der Waals surface area contributed by atoms with Gasteiger partial charge in [-0.3, -0.25) is 18.9 Å². The minimum Gasteiger partial charge on any atom is -0.296 e. The van der Waals surface area contributed by atoms with Gasteiger partial charge >= 0.3 is 4.87 Å². The molecule has 0 bridgehead atoms. The maximum absolute atomic E-state index is 12.5. The second kappa shape index (κ2) is 6.42. The largest absolute Gasteiger partial charge is 0.308 e. The van der Waals surface area contributed by atoms with E-state index in [0.29, 0.717) is 6.54 Å². The number of hydrogen-bond acceptors (Lipinski definition) is 4. The van der Waals surface area contributed by atoms with Crippen LogP contribution in [0.4, 0.5) is 0 Å². The molecule has 5 nitrogen and oxygen atoms in total. The molecule has 3 heterocycles. The molecular formula is C22H18N4OS. The van der Waals surface area contributed by atoms with Crippen LogP contribution in [0.25, 0.3) is 26.9 Å². The van der Waals surface area contributed by atoms with E-state index in [1.165, 1.54) is 11.3 Å². The van der Waals surface area contributed by atoms with Crippen molar-refractivity contribution in [3.63, 3.8) is 0 Å². The Bertz CT molecular complexity index is 1380. The summed E-state index contributed by atoms with van der Waals surface area (Å²) in [4.78, 5) is 21.3. The summed E-state index contributed by atoms with van der Waals surface area (Å²) in [6.07, 6.45) is 3.56. The van der Waals surface area contributed by atoms with E-state index in [4.69, 9.17) is 0 Å². The number of rotatable bonds is 3. The van der Waals surface area contributed by atoms with Crippen molar-refractivity contribution in [2.45, 2.75) is 20.4 Å². The third-order valence-electron chi connectivity index (χ3n) is 4.98. The number of aromatic nitrogens is 4. The zero-order valence-corrected chi connectivity index (χ0v) is 16.4. The second-order valence-corrected chi connectivity index (χ2v) is 7.94. The average Bonchev–Trinajstić information content (AvgIpc) is 3.18. The summed E-state index contributed by atoms with van der Waals surface area (Å²) >= 11 is 1.30. The van der Waals surface area contributed by atoms with Gasteiger partial charge in [0.25, 0.3) is 0 Å². The summed E-state index contributed by atoms with van der Waals surface area (Å²) in [5, 5.41) is 0. The van der Waals surface area contributed by atoms with Gasteiger partial charge < -0.3 is 0 Å². The van der Waals surface area contributed by atoms with Crippen LogP contribution >= 0.6 is 11.3 Å². The molecule has 0 aliphatic carbocycles. The van der Waals surface area contributed by atoms with Crippen molar-refractivity contribution in [1.29, 1.82) is 0 Å². The Kier molecular flexibility index (Phi) is 3.87. The molecule has 6 heteroatoms. The normalized spacial score (nSPS) is 11.5. The summed E-state index contributed by atoms with van der Waals surface area (Å²) in [6, 6.07) is 16.4. The third-order valence-corrected chi connectivity index (χ3v) is 5.94. The minimum atomic E-state index is 0.0774. The molecule has 0 saturated carbocycles. The molecule has 0 N–H and O–H groups in total. The molecule has 0 fully saturated rings. The van der Waals surface area contributed by atoms with E-state index in [2.05, 4.69) is 44.9 Å². The summed E-state index contributed by atoms with van der Waals surface area (Å²) in [5.41, 5.74) is 6.23. The molecule has 3 aromatic heterocycles. The molecule has 0 spiro atoms. The van der Waals surface area contributed by atoms with Crippen LogP contribution in [0.3, 0.4) is 0 Å². The van der Waals surface area contributed by atoms with E-state index in [-0.39, 0.29) is 4.87 Å². The molecule has 0 amide bonds. The smallest absolute Gasteiger partial charge is 0.296 e. The second-order valence-electron chi connectivity index (χ2n) is 6.95. The molecule has 28 heavy (non-hydrogen) atoms. The Morgan fingerprint density at radius 1 is 1.00 bits per heavy atom. The van der Waals surface area contributed by atoms with Gasteiger partial charge in [-0.15, -0.1) is 0 Å². The average molecular weight is 386 g/mol. The van der Waals surface area contributed by atoms with Crippen molar-refractivity contribution < 1.29 is 0 Å². The highest BCUT2D eigenvalue weighted by Crippen LogP contribution is 2.22. The highest BCUT2D eigenvalue weighted by Gasteiger charge is 2.11. The molecule has 0 aliphatic rings. The quantitative estimate of drug-likeness (QED) is 0.460. The lowest BCUT2D eigenvalue weighted by molar-refractivity contribution is 0.814. The molecule has 138 valence electrons. The topological polar surface area (TPSA) is 52.7 Å². The summed E-state index contributed by atoms with van der Waals surface area (Å²) in [5.74, 6) is 0.922. The van der Waals surface area contributed by atoms with Gasteiger partial charge in [0, 0.05) is 11.9 Å². The maximum atomic E-state index is 12.5. The van der Waals surface area contributed by atoms with Gasteiger partial charge in [-0.25, -0.2) is 4.98 Å². The van der Waals surface area contributed by atoms with E-state index in [1.807, 2.05) is 36.6 Å². The van der Waals surface area contributed by atoms with Gasteiger partial charge in [0.1, 0.15) is 11.3 Å². The highest BCUT2D eigenvalue weighted by molar-refractivity contribution is 7.16. The first-order chi connectivity index (χ1) is 13.6. The summed E-state index contributed by atoms with van der Waals surface area (Å²) in [7, 11) is 0. The number of hydrogen-bond donors (Lipinski definition) is 0. The lowest BCUT2D eigenvalue weighted by Gasteiger charge is -2.09. The lowest BCUT2D eigenvalue weighted by atomic mass is 10.2. The fourth-order valence-electron chi connectivity index (χ4n) is 3.63. The first-order valence-corrected chi connectivity index (χ1v) is 9.90. The molecular weight excluding hydrogens is 368 g/mol. The highest BCUT2D eigenvalue weighted by atomic mass is 32.1. The number of nitrogens with zero attached hydrogens (tertiary/aromatic N) is 4. The van der Waals surface area contributed by atoms with E-state index < -0.39 is 0 Å². The molecule has 0 saturated heterocycles. The van der Waals surface area contributed by atoms with Crippen molar-refractivity contribution in [1.82, 2.24) is 19.1 Å². The molecule has 5 aromatic rings. The van der Waals surface area contributed by atoms with E-state index >= 15 is 0 Å². The molecule has 0 radical (unpaired) electrons. The lowest BCUT2D eigenvalue weighted by Crippen LogP contribution is -2.13. The predicted octanol–water partition coefficient (Wildman–Crippen LogP) is 4.46. The number of pyridine rings is 1. The molecule has 2 aromatic carbocycles. The predicted molar refractivity (Wildman–Crippen MR) is 114 cm³/mol. The first-order valence-electron chi connectivity index (χ1n) is 9.08. The molecule has 0 unspecified atom stereocenters. The molecule has 0 aliphatic heterocycles. The van der Waals surface area contributed by atoms with E-state index in [1.54, 1.807) is 12.4 Å². The Morgan fingerprint density at radius 3 is 2.64 bits per heavy atom. The van der Waals surface area contributed by atoms with Gasteiger partial charge in [-0.1, -0.05) is 29.5 Å². The number of aryl methyl sites for hydroxylation is 2. The van der Waals surface area contributed by atoms with Gasteiger partial charge in [-0.2, -0.15) is 0 Å².